The van der Waals surface area contributed by atoms with Gasteiger partial charge in [0.2, 0.25) is 6.29 Å². The lowest BCUT2D eigenvalue weighted by molar-refractivity contribution is 0.0436. The molecule has 12 heavy (non-hydrogen) atoms. The van der Waals surface area contributed by atoms with Crippen LogP contribution in [0.25, 0.3) is 0 Å². The van der Waals surface area contributed by atoms with Crippen molar-refractivity contribution in [2.24, 2.45) is 5.41 Å². The highest BCUT2D eigenvalue weighted by atomic mass is 28.3. The van der Waals surface area contributed by atoms with Gasteiger partial charge in [0, 0.05) is 0 Å². The molecule has 0 aliphatic carbocycles. The van der Waals surface area contributed by atoms with Crippen LogP contribution >= 0.6 is 0 Å². The van der Waals surface area contributed by atoms with Crippen molar-refractivity contribution in [1.29, 1.82) is 0 Å². The van der Waals surface area contributed by atoms with E-state index in [0.29, 0.717) is 0 Å². The molecule has 0 amide bonds. The molecule has 0 aromatic carbocycles. The molecule has 0 aliphatic heterocycles. The zero-order valence-corrected chi connectivity index (χ0v) is 10.0. The summed E-state index contributed by atoms with van der Waals surface area (Å²) in [6.45, 7) is 11.9. The molecule has 0 aromatic heterocycles. The van der Waals surface area contributed by atoms with Gasteiger partial charge in [-0.2, -0.15) is 0 Å². The zero-order chi connectivity index (χ0) is 9.99. The van der Waals surface area contributed by atoms with Crippen molar-refractivity contribution in [1.82, 2.24) is 0 Å². The van der Waals surface area contributed by atoms with Gasteiger partial charge in [0.25, 0.3) is 0 Å². The van der Waals surface area contributed by atoms with Gasteiger partial charge < -0.3 is 4.43 Å². The molecule has 0 rings (SSSR count). The lowest BCUT2D eigenvalue weighted by atomic mass is 9.79. The SMILES string of the molecule is C[SiH](C)OC(C)([C]=O)C(C)(C)C. The second kappa shape index (κ2) is 3.71. The maximum absolute atomic E-state index is 10.8. The molecule has 0 fully saturated rings. The Morgan fingerprint density at radius 2 is 1.58 bits per heavy atom. The second-order valence-corrected chi connectivity index (χ2v) is 6.89. The minimum absolute atomic E-state index is 0.175. The monoisotopic (exact) mass is 187 g/mol. The first-order valence-corrected chi connectivity index (χ1v) is 7.08. The summed E-state index contributed by atoms with van der Waals surface area (Å²) in [7, 11) is -1.18. The van der Waals surface area contributed by atoms with E-state index in [1.54, 1.807) is 0 Å². The van der Waals surface area contributed by atoms with Gasteiger partial charge in [-0.05, 0) is 25.4 Å². The minimum atomic E-state index is -1.18. The third-order valence-electron chi connectivity index (χ3n) is 2.10. The highest BCUT2D eigenvalue weighted by Gasteiger charge is 2.39. The van der Waals surface area contributed by atoms with E-state index in [9.17, 15) is 4.79 Å². The normalized spacial score (nSPS) is 17.6. The van der Waals surface area contributed by atoms with Crippen LogP contribution in [0, 0.1) is 5.41 Å². The molecule has 0 N–H and O–H groups in total. The third kappa shape index (κ3) is 2.72. The lowest BCUT2D eigenvalue weighted by Gasteiger charge is -2.37. The largest absolute Gasteiger partial charge is 0.407 e. The maximum Gasteiger partial charge on any atom is 0.232 e. The molecule has 71 valence electrons. The quantitative estimate of drug-likeness (QED) is 0.631. The van der Waals surface area contributed by atoms with E-state index in [0.717, 1.165) is 0 Å². The number of carbonyl (C=O) groups excluding carboxylic acids is 1. The molecule has 0 saturated heterocycles. The Morgan fingerprint density at radius 1 is 1.17 bits per heavy atom. The average molecular weight is 187 g/mol. The summed E-state index contributed by atoms with van der Waals surface area (Å²) in [6, 6.07) is 0. The Labute approximate surface area is 77.0 Å². The Bertz CT molecular complexity index is 160. The Balaban J connectivity index is 4.57. The highest BCUT2D eigenvalue weighted by Crippen LogP contribution is 2.32. The predicted molar refractivity (Wildman–Crippen MR) is 53.5 cm³/mol. The molecular formula is C9H19O2Si. The summed E-state index contributed by atoms with van der Waals surface area (Å²) in [5, 5.41) is 0. The van der Waals surface area contributed by atoms with E-state index in [4.69, 9.17) is 4.43 Å². The topological polar surface area (TPSA) is 26.3 Å². The standard InChI is InChI=1S/C9H19O2Si/c1-8(2,3)9(4,7-10)11-12(5)6/h12H,1-6H3. The van der Waals surface area contributed by atoms with Gasteiger partial charge in [-0.15, -0.1) is 0 Å². The molecule has 0 saturated carbocycles. The maximum atomic E-state index is 10.8. The van der Waals surface area contributed by atoms with Crippen molar-refractivity contribution in [3.05, 3.63) is 0 Å². The molecule has 3 heteroatoms. The molecule has 0 spiro atoms. The van der Waals surface area contributed by atoms with Crippen molar-refractivity contribution >= 4 is 15.3 Å². The summed E-state index contributed by atoms with van der Waals surface area (Å²) in [5.41, 5.74) is -0.917. The minimum Gasteiger partial charge on any atom is -0.407 e. The van der Waals surface area contributed by atoms with E-state index < -0.39 is 14.6 Å². The molecule has 0 heterocycles. The number of hydrogen-bond donors (Lipinski definition) is 0. The van der Waals surface area contributed by atoms with Crippen LogP contribution in [0.1, 0.15) is 27.7 Å². The van der Waals surface area contributed by atoms with Crippen molar-refractivity contribution < 1.29 is 9.22 Å². The summed E-state index contributed by atoms with van der Waals surface area (Å²) >= 11 is 0. The molecule has 0 aromatic rings. The van der Waals surface area contributed by atoms with Gasteiger partial charge in [0.1, 0.15) is 5.60 Å². The fourth-order valence-corrected chi connectivity index (χ4v) is 2.17. The zero-order valence-electron chi connectivity index (χ0n) is 8.89. The Hall–Kier alpha value is -0.153. The summed E-state index contributed by atoms with van der Waals surface area (Å²) < 4.78 is 5.67. The first-order chi connectivity index (χ1) is 5.23. The van der Waals surface area contributed by atoms with Crippen LogP contribution in [0.15, 0.2) is 0 Å². The van der Waals surface area contributed by atoms with Crippen molar-refractivity contribution in [2.75, 3.05) is 0 Å². The van der Waals surface area contributed by atoms with Crippen LogP contribution in [-0.2, 0) is 9.22 Å². The molecular weight excluding hydrogens is 168 g/mol. The van der Waals surface area contributed by atoms with Gasteiger partial charge in [0.15, 0.2) is 9.04 Å². The molecule has 1 atom stereocenters. The van der Waals surface area contributed by atoms with Crippen LogP contribution in [0.4, 0.5) is 0 Å². The van der Waals surface area contributed by atoms with Crippen LogP contribution in [-0.4, -0.2) is 20.9 Å². The Morgan fingerprint density at radius 3 is 1.67 bits per heavy atom. The van der Waals surface area contributed by atoms with E-state index in [1.165, 1.54) is 0 Å². The second-order valence-electron chi connectivity index (χ2n) is 4.55. The average Bonchev–Trinajstić information content (AvgIpc) is 1.83. The molecule has 1 radical (unpaired) electrons. The van der Waals surface area contributed by atoms with Gasteiger partial charge in [-0.3, -0.25) is 4.79 Å². The fourth-order valence-electron chi connectivity index (χ4n) is 0.825. The van der Waals surface area contributed by atoms with E-state index in [2.05, 4.69) is 13.1 Å². The van der Waals surface area contributed by atoms with Crippen LogP contribution in [0.5, 0.6) is 0 Å². The molecule has 1 unspecified atom stereocenters. The van der Waals surface area contributed by atoms with Gasteiger partial charge in [-0.1, -0.05) is 20.8 Å². The summed E-state index contributed by atoms with van der Waals surface area (Å²) in [4.78, 5) is 10.8. The van der Waals surface area contributed by atoms with Gasteiger partial charge >= 0.3 is 0 Å². The van der Waals surface area contributed by atoms with Crippen LogP contribution < -0.4 is 0 Å². The molecule has 2 nitrogen and oxygen atoms in total. The smallest absolute Gasteiger partial charge is 0.232 e. The van der Waals surface area contributed by atoms with Gasteiger partial charge in [0.05, 0.1) is 0 Å². The summed E-state index contributed by atoms with van der Waals surface area (Å²) in [5.74, 6) is 0. The third-order valence-corrected chi connectivity index (χ3v) is 3.04. The Kier molecular flexibility index (Phi) is 3.66. The number of rotatable bonds is 3. The van der Waals surface area contributed by atoms with Crippen LogP contribution in [0.3, 0.4) is 0 Å². The molecule has 0 aliphatic rings. The van der Waals surface area contributed by atoms with E-state index in [-0.39, 0.29) is 5.41 Å². The first-order valence-electron chi connectivity index (χ1n) is 4.30. The highest BCUT2D eigenvalue weighted by molar-refractivity contribution is 6.48. The van der Waals surface area contributed by atoms with Crippen molar-refractivity contribution in [2.45, 2.75) is 46.4 Å². The van der Waals surface area contributed by atoms with Crippen molar-refractivity contribution in [3.8, 4) is 0 Å². The fraction of sp³-hybridized carbons (Fsp3) is 0.889. The summed E-state index contributed by atoms with van der Waals surface area (Å²) in [6.07, 6.45) is 2.01. The first kappa shape index (κ1) is 11.8. The van der Waals surface area contributed by atoms with Gasteiger partial charge in [-0.25, -0.2) is 0 Å². The molecule has 0 bridgehead atoms. The predicted octanol–water partition coefficient (Wildman–Crippen LogP) is 1.90. The lowest BCUT2D eigenvalue weighted by Crippen LogP contribution is -2.46. The van der Waals surface area contributed by atoms with Crippen LogP contribution in [0.2, 0.25) is 13.1 Å². The van der Waals surface area contributed by atoms with Crippen molar-refractivity contribution in [3.63, 3.8) is 0 Å². The van der Waals surface area contributed by atoms with E-state index >= 15 is 0 Å². The number of hydrogen-bond acceptors (Lipinski definition) is 2. The van der Waals surface area contributed by atoms with E-state index in [1.807, 2.05) is 34.0 Å².